The lowest BCUT2D eigenvalue weighted by Crippen LogP contribution is -2.69. The van der Waals surface area contributed by atoms with E-state index in [-0.39, 0.29) is 37.5 Å². The Kier molecular flexibility index (Phi) is 5.58. The van der Waals surface area contributed by atoms with E-state index < -0.39 is 5.54 Å². The van der Waals surface area contributed by atoms with Crippen LogP contribution in [-0.4, -0.2) is 48.0 Å². The summed E-state index contributed by atoms with van der Waals surface area (Å²) in [6.45, 7) is 0.943. The zero-order chi connectivity index (χ0) is 18.4. The van der Waals surface area contributed by atoms with Crippen molar-refractivity contribution in [3.8, 4) is 0 Å². The molecule has 5 nitrogen and oxygen atoms in total. The lowest BCUT2D eigenvalue weighted by atomic mass is 9.80. The van der Waals surface area contributed by atoms with Gasteiger partial charge < -0.3 is 10.2 Å². The minimum atomic E-state index is -1.51. The number of nitrogens with zero attached hydrogens (tertiary/aromatic N) is 1. The fourth-order valence-electron chi connectivity index (χ4n) is 3.38. The van der Waals surface area contributed by atoms with Gasteiger partial charge in [-0.05, 0) is 11.1 Å². The van der Waals surface area contributed by atoms with Crippen molar-refractivity contribution in [1.29, 1.82) is 0 Å². The highest BCUT2D eigenvalue weighted by Gasteiger charge is 2.50. The predicted octanol–water partition coefficient (Wildman–Crippen LogP) is 1.32. The van der Waals surface area contributed by atoms with Crippen LogP contribution in [0.15, 0.2) is 60.7 Å². The van der Waals surface area contributed by atoms with Crippen LogP contribution in [0.5, 0.6) is 0 Å². The fraction of sp³-hybridized carbons (Fsp3) is 0.286. The van der Waals surface area contributed by atoms with Crippen LogP contribution in [0.2, 0.25) is 0 Å². The van der Waals surface area contributed by atoms with Gasteiger partial charge in [0.2, 0.25) is 0 Å². The Morgan fingerprint density at radius 1 is 0.923 bits per heavy atom. The normalized spacial score (nSPS) is 16.1. The smallest absolute Gasteiger partial charge is 0.313 e. The Bertz CT molecular complexity index is 721. The first-order chi connectivity index (χ1) is 12.7. The molecule has 0 aromatic heterocycles. The summed E-state index contributed by atoms with van der Waals surface area (Å²) in [4.78, 5) is 39.2. The molecule has 1 fully saturated rings. The molecule has 1 saturated heterocycles. The Morgan fingerprint density at radius 2 is 1.42 bits per heavy atom. The van der Waals surface area contributed by atoms with E-state index in [1.807, 2.05) is 67.1 Å². The van der Waals surface area contributed by atoms with Gasteiger partial charge in [0.25, 0.3) is 0 Å². The topological polar surface area (TPSA) is 66.5 Å². The van der Waals surface area contributed by atoms with Crippen LogP contribution in [0, 0.1) is 0 Å². The van der Waals surface area contributed by atoms with Gasteiger partial charge in [-0.3, -0.25) is 14.4 Å². The number of rotatable bonds is 7. The number of benzene rings is 2. The lowest BCUT2D eigenvalue weighted by Gasteiger charge is -2.42. The SMILES string of the molecule is O=[C]N1CCNCC1(C(=O)Cc1ccccc1)C(=O)Cc1ccccc1. The number of hydrogen-bond donors (Lipinski definition) is 1. The van der Waals surface area contributed by atoms with Gasteiger partial charge in [0.05, 0.1) is 0 Å². The first-order valence-electron chi connectivity index (χ1n) is 8.67. The third-order valence-corrected chi connectivity index (χ3v) is 4.80. The number of carbonyl (C=O) groups excluding carboxylic acids is 3. The number of nitrogens with one attached hydrogen (secondary N) is 1. The molecule has 1 aliphatic heterocycles. The lowest BCUT2D eigenvalue weighted by molar-refractivity contribution is -0.141. The van der Waals surface area contributed by atoms with Gasteiger partial charge in [-0.1, -0.05) is 60.7 Å². The maximum absolute atomic E-state index is 13.2. The Hall–Kier alpha value is -2.79. The molecule has 1 aliphatic rings. The number of amides is 1. The van der Waals surface area contributed by atoms with E-state index in [4.69, 9.17) is 0 Å². The van der Waals surface area contributed by atoms with Crippen molar-refractivity contribution in [3.05, 3.63) is 71.8 Å². The average molecular weight is 349 g/mol. The summed E-state index contributed by atoms with van der Waals surface area (Å²) >= 11 is 0. The molecule has 1 radical (unpaired) electrons. The minimum Gasteiger partial charge on any atom is -0.313 e. The van der Waals surface area contributed by atoms with E-state index >= 15 is 0 Å². The van der Waals surface area contributed by atoms with Gasteiger partial charge in [0.1, 0.15) is 0 Å². The second-order valence-electron chi connectivity index (χ2n) is 6.45. The van der Waals surface area contributed by atoms with Gasteiger partial charge in [-0.2, -0.15) is 0 Å². The Morgan fingerprint density at radius 3 is 1.88 bits per heavy atom. The van der Waals surface area contributed by atoms with Crippen LogP contribution in [0.3, 0.4) is 0 Å². The van der Waals surface area contributed by atoms with E-state index in [0.29, 0.717) is 6.54 Å². The van der Waals surface area contributed by atoms with E-state index in [2.05, 4.69) is 5.32 Å². The first kappa shape index (κ1) is 18.0. The molecule has 0 spiro atoms. The molecule has 0 aliphatic carbocycles. The third-order valence-electron chi connectivity index (χ3n) is 4.80. The second kappa shape index (κ2) is 8.06. The van der Waals surface area contributed by atoms with E-state index in [1.54, 1.807) is 0 Å². The van der Waals surface area contributed by atoms with E-state index in [9.17, 15) is 14.4 Å². The molecule has 1 N–H and O–H groups in total. The second-order valence-corrected chi connectivity index (χ2v) is 6.45. The highest BCUT2D eigenvalue weighted by molar-refractivity contribution is 6.14. The summed E-state index contributed by atoms with van der Waals surface area (Å²) in [5.41, 5.74) is 0.132. The van der Waals surface area contributed by atoms with E-state index in [1.165, 1.54) is 4.90 Å². The predicted molar refractivity (Wildman–Crippen MR) is 98.3 cm³/mol. The van der Waals surface area contributed by atoms with Gasteiger partial charge in [0.15, 0.2) is 17.1 Å². The molecule has 0 saturated carbocycles. The number of hydrogen-bond acceptors (Lipinski definition) is 4. The summed E-state index contributed by atoms with van der Waals surface area (Å²) in [5.74, 6) is -0.555. The van der Waals surface area contributed by atoms with Crippen molar-refractivity contribution < 1.29 is 14.4 Å². The standard InChI is InChI=1S/C21H21N2O3/c24-16-23-12-11-22-15-21(23,19(25)13-17-7-3-1-4-8-17)20(26)14-18-9-5-2-6-10-18/h1-10,22H,11-15H2. The molecule has 1 heterocycles. The van der Waals surface area contributed by atoms with Crippen LogP contribution >= 0.6 is 0 Å². The third kappa shape index (κ3) is 3.58. The fourth-order valence-corrected chi connectivity index (χ4v) is 3.38. The van der Waals surface area contributed by atoms with Crippen LogP contribution < -0.4 is 5.32 Å². The number of piperazine rings is 1. The minimum absolute atomic E-state index is 0.0984. The zero-order valence-corrected chi connectivity index (χ0v) is 14.5. The summed E-state index contributed by atoms with van der Waals surface area (Å²) in [6.07, 6.45) is 2.03. The molecule has 0 unspecified atom stereocenters. The quantitative estimate of drug-likeness (QED) is 0.766. The van der Waals surface area contributed by atoms with Gasteiger partial charge in [0, 0.05) is 32.5 Å². The van der Waals surface area contributed by atoms with Crippen LogP contribution in [0.1, 0.15) is 11.1 Å². The first-order valence-corrected chi connectivity index (χ1v) is 8.67. The number of ketones is 2. The summed E-state index contributed by atoms with van der Waals surface area (Å²) in [6, 6.07) is 18.5. The van der Waals surface area contributed by atoms with Crippen molar-refractivity contribution in [3.63, 3.8) is 0 Å². The molecular weight excluding hydrogens is 328 g/mol. The van der Waals surface area contributed by atoms with Crippen molar-refractivity contribution in [2.45, 2.75) is 18.4 Å². The largest absolute Gasteiger partial charge is 0.313 e. The van der Waals surface area contributed by atoms with E-state index in [0.717, 1.165) is 11.1 Å². The molecule has 0 atom stereocenters. The van der Waals surface area contributed by atoms with Gasteiger partial charge >= 0.3 is 6.41 Å². The van der Waals surface area contributed by atoms with Gasteiger partial charge in [-0.15, -0.1) is 0 Å². The molecule has 1 amide bonds. The average Bonchev–Trinajstić information content (AvgIpc) is 2.69. The molecule has 2 aromatic rings. The van der Waals surface area contributed by atoms with Crippen molar-refractivity contribution >= 4 is 18.0 Å². The highest BCUT2D eigenvalue weighted by Crippen LogP contribution is 2.23. The molecular formula is C21H21N2O3. The summed E-state index contributed by atoms with van der Waals surface area (Å²) < 4.78 is 0. The van der Waals surface area contributed by atoms with Crippen molar-refractivity contribution in [2.75, 3.05) is 19.6 Å². The molecule has 2 aromatic carbocycles. The maximum atomic E-state index is 13.2. The maximum Gasteiger partial charge on any atom is 0.313 e. The molecule has 5 heteroatoms. The summed E-state index contributed by atoms with van der Waals surface area (Å²) in [7, 11) is 0. The Labute approximate surface area is 153 Å². The number of Topliss-reactive ketones (excluding diaryl/α,β-unsaturated/α-hetero) is 2. The summed E-state index contributed by atoms with van der Waals surface area (Å²) in [5, 5.41) is 3.11. The van der Waals surface area contributed by atoms with Crippen LogP contribution in [-0.2, 0) is 27.2 Å². The van der Waals surface area contributed by atoms with Crippen LogP contribution in [0.25, 0.3) is 0 Å². The monoisotopic (exact) mass is 349 g/mol. The zero-order valence-electron chi connectivity index (χ0n) is 14.5. The molecule has 3 rings (SSSR count). The Balaban J connectivity index is 1.92. The van der Waals surface area contributed by atoms with Crippen LogP contribution in [0.4, 0.5) is 0 Å². The molecule has 0 bridgehead atoms. The van der Waals surface area contributed by atoms with Gasteiger partial charge in [-0.25, -0.2) is 0 Å². The van der Waals surface area contributed by atoms with Crippen molar-refractivity contribution in [2.24, 2.45) is 0 Å². The highest BCUT2D eigenvalue weighted by atomic mass is 16.2. The molecule has 26 heavy (non-hydrogen) atoms. The number of carbonyl (C=O) groups is 2. The van der Waals surface area contributed by atoms with Crippen molar-refractivity contribution in [1.82, 2.24) is 10.2 Å². The molecule has 133 valence electrons.